The lowest BCUT2D eigenvalue weighted by Gasteiger charge is -2.29. The number of amides is 1. The topological polar surface area (TPSA) is 107 Å². The second-order valence-electron chi connectivity index (χ2n) is 7.25. The van der Waals surface area contributed by atoms with Crippen molar-refractivity contribution < 1.29 is 22.7 Å². The SMILES string of the molecule is CC1CCN(S(=O)(=O)c2ccc(C(=O)OCc3ccc(C(N)=O)cc3)cc2)CC1. The molecule has 0 unspecified atom stereocenters. The minimum absolute atomic E-state index is 0.0316. The minimum atomic E-state index is -3.55. The van der Waals surface area contributed by atoms with Gasteiger partial charge in [-0.2, -0.15) is 4.31 Å². The first-order valence-corrected chi connectivity index (χ1v) is 10.9. The van der Waals surface area contributed by atoms with Crippen molar-refractivity contribution >= 4 is 21.9 Å². The Morgan fingerprint density at radius 3 is 2.10 bits per heavy atom. The van der Waals surface area contributed by atoms with Crippen molar-refractivity contribution in [1.29, 1.82) is 0 Å². The molecule has 154 valence electrons. The predicted octanol–water partition coefficient (Wildman–Crippen LogP) is 2.56. The van der Waals surface area contributed by atoms with Crippen molar-refractivity contribution in [2.24, 2.45) is 11.7 Å². The van der Waals surface area contributed by atoms with E-state index >= 15 is 0 Å². The van der Waals surface area contributed by atoms with Gasteiger partial charge in [0.1, 0.15) is 6.61 Å². The third-order valence-corrected chi connectivity index (χ3v) is 6.99. The fraction of sp³-hybridized carbons (Fsp3) is 0.333. The van der Waals surface area contributed by atoms with Crippen molar-refractivity contribution in [2.45, 2.75) is 31.3 Å². The number of rotatable bonds is 6. The molecule has 0 saturated carbocycles. The van der Waals surface area contributed by atoms with Gasteiger partial charge in [0.15, 0.2) is 0 Å². The molecule has 3 rings (SSSR count). The molecule has 2 N–H and O–H groups in total. The lowest BCUT2D eigenvalue weighted by atomic mass is 10.0. The predicted molar refractivity (Wildman–Crippen MR) is 108 cm³/mol. The molecule has 8 heteroatoms. The Labute approximate surface area is 170 Å². The van der Waals surface area contributed by atoms with Gasteiger partial charge in [0.05, 0.1) is 10.5 Å². The molecule has 0 aliphatic carbocycles. The molecule has 0 spiro atoms. The lowest BCUT2D eigenvalue weighted by molar-refractivity contribution is 0.0472. The van der Waals surface area contributed by atoms with E-state index in [-0.39, 0.29) is 17.1 Å². The fourth-order valence-electron chi connectivity index (χ4n) is 3.13. The Bertz CT molecular complexity index is 977. The second-order valence-corrected chi connectivity index (χ2v) is 9.19. The molecule has 2 aromatic rings. The molecule has 1 saturated heterocycles. The van der Waals surface area contributed by atoms with Crippen LogP contribution in [0.4, 0.5) is 0 Å². The Kier molecular flexibility index (Phi) is 6.34. The molecule has 0 aromatic heterocycles. The molecule has 1 aliphatic rings. The zero-order valence-electron chi connectivity index (χ0n) is 16.2. The summed E-state index contributed by atoms with van der Waals surface area (Å²) in [7, 11) is -3.55. The number of benzene rings is 2. The van der Waals surface area contributed by atoms with Crippen molar-refractivity contribution in [3.63, 3.8) is 0 Å². The highest BCUT2D eigenvalue weighted by Crippen LogP contribution is 2.23. The largest absolute Gasteiger partial charge is 0.457 e. The summed E-state index contributed by atoms with van der Waals surface area (Å²) < 4.78 is 32.2. The Balaban J connectivity index is 1.61. The third kappa shape index (κ3) is 5.02. The number of ether oxygens (including phenoxy) is 1. The molecule has 0 radical (unpaired) electrons. The van der Waals surface area contributed by atoms with Crippen LogP contribution in [-0.2, 0) is 21.4 Å². The van der Waals surface area contributed by atoms with Crippen LogP contribution in [0, 0.1) is 5.92 Å². The summed E-state index contributed by atoms with van der Waals surface area (Å²) in [5.74, 6) is -0.548. The van der Waals surface area contributed by atoms with Gasteiger partial charge in [-0.25, -0.2) is 13.2 Å². The van der Waals surface area contributed by atoms with E-state index in [9.17, 15) is 18.0 Å². The maximum atomic E-state index is 12.7. The number of carbonyl (C=O) groups excluding carboxylic acids is 2. The van der Waals surface area contributed by atoms with E-state index < -0.39 is 21.9 Å². The molecule has 7 nitrogen and oxygen atoms in total. The van der Waals surface area contributed by atoms with Crippen molar-refractivity contribution in [1.82, 2.24) is 4.31 Å². The Morgan fingerprint density at radius 2 is 1.55 bits per heavy atom. The summed E-state index contributed by atoms with van der Waals surface area (Å²) >= 11 is 0. The Morgan fingerprint density at radius 1 is 1.00 bits per heavy atom. The number of nitrogens with two attached hydrogens (primary N) is 1. The van der Waals surface area contributed by atoms with Gasteiger partial charge in [-0.3, -0.25) is 4.79 Å². The minimum Gasteiger partial charge on any atom is -0.457 e. The number of hydrogen-bond donors (Lipinski definition) is 1. The highest BCUT2D eigenvalue weighted by molar-refractivity contribution is 7.89. The summed E-state index contributed by atoms with van der Waals surface area (Å²) in [4.78, 5) is 23.5. The zero-order chi connectivity index (χ0) is 21.0. The molecule has 1 fully saturated rings. The van der Waals surface area contributed by atoms with Gasteiger partial charge in [0.25, 0.3) is 0 Å². The van der Waals surface area contributed by atoms with E-state index in [2.05, 4.69) is 6.92 Å². The van der Waals surface area contributed by atoms with E-state index in [1.165, 1.54) is 28.6 Å². The van der Waals surface area contributed by atoms with Gasteiger partial charge in [-0.1, -0.05) is 19.1 Å². The first-order chi connectivity index (χ1) is 13.8. The molecule has 1 heterocycles. The standard InChI is InChI=1S/C21H24N2O5S/c1-15-10-12-23(13-11-15)29(26,27)19-8-6-18(7-9-19)21(25)28-14-16-2-4-17(5-3-16)20(22)24/h2-9,15H,10-14H2,1H3,(H2,22,24). The van der Waals surface area contributed by atoms with Gasteiger partial charge in [-0.15, -0.1) is 0 Å². The van der Waals surface area contributed by atoms with Crippen molar-refractivity contribution in [3.05, 3.63) is 65.2 Å². The highest BCUT2D eigenvalue weighted by atomic mass is 32.2. The van der Waals surface area contributed by atoms with Crippen molar-refractivity contribution in [2.75, 3.05) is 13.1 Å². The van der Waals surface area contributed by atoms with E-state index in [0.29, 0.717) is 30.1 Å². The molecule has 0 atom stereocenters. The van der Waals surface area contributed by atoms with Gasteiger partial charge in [0.2, 0.25) is 15.9 Å². The van der Waals surface area contributed by atoms with Crippen molar-refractivity contribution in [3.8, 4) is 0 Å². The van der Waals surface area contributed by atoms with E-state index in [1.807, 2.05) is 0 Å². The van der Waals surface area contributed by atoms with Crippen LogP contribution in [0.2, 0.25) is 0 Å². The van der Waals surface area contributed by atoms with Crippen LogP contribution in [0.15, 0.2) is 53.4 Å². The monoisotopic (exact) mass is 416 g/mol. The number of sulfonamides is 1. The average Bonchev–Trinajstić information content (AvgIpc) is 2.72. The third-order valence-electron chi connectivity index (χ3n) is 5.08. The number of carbonyl (C=O) groups is 2. The number of piperidine rings is 1. The fourth-order valence-corrected chi connectivity index (χ4v) is 4.60. The Hall–Kier alpha value is -2.71. The molecule has 0 bridgehead atoms. The van der Waals surface area contributed by atoms with Crippen LogP contribution in [0.5, 0.6) is 0 Å². The summed E-state index contributed by atoms with van der Waals surface area (Å²) in [5, 5.41) is 0. The highest BCUT2D eigenvalue weighted by Gasteiger charge is 2.28. The van der Waals surface area contributed by atoms with Gasteiger partial charge in [-0.05, 0) is 60.7 Å². The number of primary amides is 1. The van der Waals surface area contributed by atoms with Crippen LogP contribution in [-0.4, -0.2) is 37.7 Å². The van der Waals surface area contributed by atoms with Gasteiger partial charge in [0, 0.05) is 18.7 Å². The maximum absolute atomic E-state index is 12.7. The quantitative estimate of drug-likeness (QED) is 0.729. The summed E-state index contributed by atoms with van der Waals surface area (Å²) in [5.41, 5.74) is 6.54. The maximum Gasteiger partial charge on any atom is 0.338 e. The summed E-state index contributed by atoms with van der Waals surface area (Å²) in [6, 6.07) is 12.2. The smallest absolute Gasteiger partial charge is 0.338 e. The number of hydrogen-bond acceptors (Lipinski definition) is 5. The lowest BCUT2D eigenvalue weighted by Crippen LogP contribution is -2.37. The van der Waals surface area contributed by atoms with Crippen LogP contribution in [0.3, 0.4) is 0 Å². The molecule has 2 aromatic carbocycles. The number of nitrogens with zero attached hydrogens (tertiary/aromatic N) is 1. The first-order valence-electron chi connectivity index (χ1n) is 9.43. The van der Waals surface area contributed by atoms with E-state index in [1.54, 1.807) is 24.3 Å². The van der Waals surface area contributed by atoms with Crippen LogP contribution < -0.4 is 5.73 Å². The van der Waals surface area contributed by atoms with E-state index in [4.69, 9.17) is 10.5 Å². The molecule has 1 aliphatic heterocycles. The van der Waals surface area contributed by atoms with E-state index in [0.717, 1.165) is 12.8 Å². The molecular weight excluding hydrogens is 392 g/mol. The zero-order valence-corrected chi connectivity index (χ0v) is 17.0. The second kappa shape index (κ2) is 8.75. The molecular formula is C21H24N2O5S. The molecule has 1 amide bonds. The van der Waals surface area contributed by atoms with Crippen LogP contribution in [0.1, 0.15) is 46.0 Å². The van der Waals surface area contributed by atoms with Crippen LogP contribution >= 0.6 is 0 Å². The summed E-state index contributed by atoms with van der Waals surface area (Å²) in [6.07, 6.45) is 1.70. The summed E-state index contributed by atoms with van der Waals surface area (Å²) in [6.45, 7) is 3.18. The first kappa shape index (κ1) is 21.0. The molecule has 29 heavy (non-hydrogen) atoms. The van der Waals surface area contributed by atoms with Gasteiger partial charge >= 0.3 is 5.97 Å². The normalized spacial score (nSPS) is 15.8. The van der Waals surface area contributed by atoms with Gasteiger partial charge < -0.3 is 10.5 Å². The number of esters is 1. The average molecular weight is 416 g/mol. The van der Waals surface area contributed by atoms with Crippen LogP contribution in [0.25, 0.3) is 0 Å².